The predicted octanol–water partition coefficient (Wildman–Crippen LogP) is 3.25. The van der Waals surface area contributed by atoms with Crippen LogP contribution in [0.4, 0.5) is 0 Å². The van der Waals surface area contributed by atoms with Crippen LogP contribution in [0.2, 0.25) is 0 Å². The summed E-state index contributed by atoms with van der Waals surface area (Å²) in [5.74, 6) is 1.23. The van der Waals surface area contributed by atoms with Gasteiger partial charge in [0.25, 0.3) is 0 Å². The Morgan fingerprint density at radius 3 is 2.73 bits per heavy atom. The number of halogens is 1. The highest BCUT2D eigenvalue weighted by Crippen LogP contribution is 2.32. The van der Waals surface area contributed by atoms with Crippen LogP contribution in [-0.2, 0) is 4.79 Å². The number of aryl methyl sites for hydroxylation is 1. The molecule has 2 fully saturated rings. The Hall–Kier alpha value is -1.06. The van der Waals surface area contributed by atoms with Gasteiger partial charge in [0.05, 0.1) is 0 Å². The average molecular weight is 323 g/mol. The summed E-state index contributed by atoms with van der Waals surface area (Å²) in [5, 5.41) is 0. The number of likely N-dealkylation sites (tertiary alicyclic amines) is 1. The lowest BCUT2D eigenvalue weighted by Gasteiger charge is -2.21. The van der Waals surface area contributed by atoms with E-state index < -0.39 is 0 Å². The summed E-state index contributed by atoms with van der Waals surface area (Å²) in [4.78, 5) is 14.5. The van der Waals surface area contributed by atoms with Crippen LogP contribution in [0, 0.1) is 12.8 Å². The quantitative estimate of drug-likeness (QED) is 0.928. The Balaban J connectivity index is 0.00000176. The minimum absolute atomic E-state index is 0. The summed E-state index contributed by atoms with van der Waals surface area (Å²) in [5.41, 5.74) is 8.84. The molecule has 0 aromatic heterocycles. The molecule has 2 N–H and O–H groups in total. The van der Waals surface area contributed by atoms with Gasteiger partial charge in [0.1, 0.15) is 0 Å². The summed E-state index contributed by atoms with van der Waals surface area (Å²) < 4.78 is 0. The van der Waals surface area contributed by atoms with E-state index in [1.807, 2.05) is 0 Å². The van der Waals surface area contributed by atoms with Gasteiger partial charge >= 0.3 is 0 Å². The molecule has 0 radical (unpaired) electrons. The summed E-state index contributed by atoms with van der Waals surface area (Å²) in [6, 6.07) is 8.80. The molecule has 1 aromatic carbocycles. The van der Waals surface area contributed by atoms with Crippen LogP contribution in [0.3, 0.4) is 0 Å². The first-order valence-electron chi connectivity index (χ1n) is 8.24. The monoisotopic (exact) mass is 322 g/mol. The van der Waals surface area contributed by atoms with Gasteiger partial charge in [0.2, 0.25) is 5.91 Å². The van der Waals surface area contributed by atoms with Crippen molar-refractivity contribution in [2.24, 2.45) is 11.7 Å². The van der Waals surface area contributed by atoms with Crippen molar-refractivity contribution in [2.75, 3.05) is 13.1 Å². The molecule has 1 aliphatic heterocycles. The zero-order valence-corrected chi connectivity index (χ0v) is 14.1. The standard InChI is InChI=1S/C18H26N2O.ClH/c1-13-5-2-3-7-16(13)15-9-10-20(12-15)18(21)11-14-6-4-8-17(14)19;/h2-3,5,7,14-15,17H,4,6,8-12,19H2,1H3;1H/t14-,15?,17+;/m0./s1. The maximum Gasteiger partial charge on any atom is 0.222 e. The SMILES string of the molecule is Cc1ccccc1C1CCN(C(=O)C[C@@H]2CCC[C@H]2N)C1.Cl. The predicted molar refractivity (Wildman–Crippen MR) is 92.3 cm³/mol. The van der Waals surface area contributed by atoms with Crippen molar-refractivity contribution in [1.29, 1.82) is 0 Å². The molecule has 3 rings (SSSR count). The largest absolute Gasteiger partial charge is 0.342 e. The highest BCUT2D eigenvalue weighted by Gasteiger charge is 2.32. The first-order chi connectivity index (χ1) is 10.1. The first-order valence-corrected chi connectivity index (χ1v) is 8.24. The highest BCUT2D eigenvalue weighted by molar-refractivity contribution is 5.85. The van der Waals surface area contributed by atoms with Crippen LogP contribution in [-0.4, -0.2) is 29.9 Å². The minimum atomic E-state index is 0. The summed E-state index contributed by atoms with van der Waals surface area (Å²) in [6.07, 6.45) is 5.14. The Morgan fingerprint density at radius 1 is 1.27 bits per heavy atom. The number of carbonyl (C=O) groups is 1. The van der Waals surface area contributed by atoms with E-state index in [9.17, 15) is 4.79 Å². The fraction of sp³-hybridized carbons (Fsp3) is 0.611. The molecule has 3 nitrogen and oxygen atoms in total. The fourth-order valence-corrected chi connectivity index (χ4v) is 3.96. The van der Waals surface area contributed by atoms with Crippen LogP contribution in [0.5, 0.6) is 0 Å². The molecule has 1 saturated heterocycles. The molecule has 4 heteroatoms. The highest BCUT2D eigenvalue weighted by atomic mass is 35.5. The van der Waals surface area contributed by atoms with Crippen molar-refractivity contribution in [3.8, 4) is 0 Å². The number of benzene rings is 1. The zero-order valence-electron chi connectivity index (χ0n) is 13.3. The van der Waals surface area contributed by atoms with Crippen molar-refractivity contribution < 1.29 is 4.79 Å². The lowest BCUT2D eigenvalue weighted by atomic mass is 9.94. The molecule has 2 aliphatic rings. The van der Waals surface area contributed by atoms with Crippen molar-refractivity contribution in [2.45, 2.75) is 51.0 Å². The maximum absolute atomic E-state index is 12.5. The van der Waals surface area contributed by atoms with Gasteiger partial charge in [-0.2, -0.15) is 0 Å². The third-order valence-electron chi connectivity index (χ3n) is 5.32. The van der Waals surface area contributed by atoms with E-state index in [0.717, 1.165) is 32.4 Å². The second-order valence-electron chi connectivity index (χ2n) is 6.74. The molecule has 122 valence electrons. The lowest BCUT2D eigenvalue weighted by Crippen LogP contribution is -2.33. The number of nitrogens with zero attached hydrogens (tertiary/aromatic N) is 1. The summed E-state index contributed by atoms with van der Waals surface area (Å²) >= 11 is 0. The van der Waals surface area contributed by atoms with Crippen LogP contribution in [0.25, 0.3) is 0 Å². The van der Waals surface area contributed by atoms with E-state index in [4.69, 9.17) is 5.73 Å². The van der Waals surface area contributed by atoms with Gasteiger partial charge in [0.15, 0.2) is 0 Å². The number of rotatable bonds is 3. The zero-order chi connectivity index (χ0) is 14.8. The van der Waals surface area contributed by atoms with Crippen LogP contribution < -0.4 is 5.73 Å². The average Bonchev–Trinajstić information content (AvgIpc) is 3.09. The van der Waals surface area contributed by atoms with Crippen molar-refractivity contribution in [3.05, 3.63) is 35.4 Å². The number of hydrogen-bond donors (Lipinski definition) is 1. The Morgan fingerprint density at radius 2 is 2.05 bits per heavy atom. The molecule has 1 amide bonds. The van der Waals surface area contributed by atoms with Gasteiger partial charge in [0, 0.05) is 31.5 Å². The molecule has 0 bridgehead atoms. The van der Waals surface area contributed by atoms with Crippen molar-refractivity contribution in [3.63, 3.8) is 0 Å². The van der Waals surface area contributed by atoms with Crippen molar-refractivity contribution >= 4 is 18.3 Å². The van der Waals surface area contributed by atoms with E-state index in [-0.39, 0.29) is 18.4 Å². The molecule has 1 saturated carbocycles. The molecule has 22 heavy (non-hydrogen) atoms. The van der Waals surface area contributed by atoms with Crippen LogP contribution >= 0.6 is 12.4 Å². The summed E-state index contributed by atoms with van der Waals surface area (Å²) in [7, 11) is 0. The number of amides is 1. The maximum atomic E-state index is 12.5. The third-order valence-corrected chi connectivity index (χ3v) is 5.32. The molecule has 3 atom stereocenters. The Kier molecular flexibility index (Phi) is 5.87. The van der Waals surface area contributed by atoms with E-state index in [1.165, 1.54) is 17.5 Å². The normalized spacial score (nSPS) is 27.7. The number of hydrogen-bond acceptors (Lipinski definition) is 2. The van der Waals surface area contributed by atoms with E-state index in [2.05, 4.69) is 36.1 Å². The Labute approximate surface area is 139 Å². The number of nitrogens with two attached hydrogens (primary N) is 1. The fourth-order valence-electron chi connectivity index (χ4n) is 3.96. The van der Waals surface area contributed by atoms with Gasteiger partial charge in [-0.25, -0.2) is 0 Å². The van der Waals surface area contributed by atoms with Gasteiger partial charge in [-0.3, -0.25) is 4.79 Å². The lowest BCUT2D eigenvalue weighted by molar-refractivity contribution is -0.131. The molecular weight excluding hydrogens is 296 g/mol. The molecule has 1 aromatic rings. The molecule has 0 spiro atoms. The van der Waals surface area contributed by atoms with Gasteiger partial charge in [-0.05, 0) is 43.2 Å². The van der Waals surface area contributed by atoms with E-state index in [0.29, 0.717) is 24.2 Å². The summed E-state index contributed by atoms with van der Waals surface area (Å²) in [6.45, 7) is 3.95. The van der Waals surface area contributed by atoms with E-state index in [1.54, 1.807) is 0 Å². The second-order valence-corrected chi connectivity index (χ2v) is 6.74. The smallest absolute Gasteiger partial charge is 0.222 e. The van der Waals surface area contributed by atoms with Gasteiger partial charge in [-0.15, -0.1) is 12.4 Å². The second kappa shape index (κ2) is 7.47. The molecule has 1 heterocycles. The third kappa shape index (κ3) is 3.64. The first kappa shape index (κ1) is 17.3. The topological polar surface area (TPSA) is 46.3 Å². The minimum Gasteiger partial charge on any atom is -0.342 e. The molecular formula is C18H27ClN2O. The molecule has 1 aliphatic carbocycles. The van der Waals surface area contributed by atoms with Crippen LogP contribution in [0.1, 0.15) is 49.1 Å². The van der Waals surface area contributed by atoms with Gasteiger partial charge < -0.3 is 10.6 Å². The van der Waals surface area contributed by atoms with Crippen LogP contribution in [0.15, 0.2) is 24.3 Å². The van der Waals surface area contributed by atoms with E-state index >= 15 is 0 Å². The molecule has 1 unspecified atom stereocenters. The van der Waals surface area contributed by atoms with Gasteiger partial charge in [-0.1, -0.05) is 30.7 Å². The Bertz CT molecular complexity index is 520. The number of carbonyl (C=O) groups excluding carboxylic acids is 1. The van der Waals surface area contributed by atoms with Crippen molar-refractivity contribution in [1.82, 2.24) is 4.90 Å².